The van der Waals surface area contributed by atoms with E-state index in [1.165, 1.54) is 10.8 Å². The highest BCUT2D eigenvalue weighted by Crippen LogP contribution is 2.41. The monoisotopic (exact) mass is 370 g/mol. The number of H-pyrrole nitrogens is 1. The second-order valence-electron chi connectivity index (χ2n) is 8.29. The Balaban J connectivity index is 2.36. The maximum atomic E-state index is 12.2. The molecular weight excluding hydrogens is 340 g/mol. The number of ether oxygens (including phenoxy) is 1. The van der Waals surface area contributed by atoms with Crippen molar-refractivity contribution in [3.05, 3.63) is 32.6 Å². The van der Waals surface area contributed by atoms with E-state index < -0.39 is 38.0 Å². The molecule has 2 heterocycles. The molecule has 2 rings (SSSR count). The topological polar surface area (TPSA) is 93.6 Å². The second kappa shape index (κ2) is 6.83. The van der Waals surface area contributed by atoms with Gasteiger partial charge in [-0.2, -0.15) is 0 Å². The van der Waals surface area contributed by atoms with Crippen molar-refractivity contribution in [1.29, 1.82) is 0 Å². The first kappa shape index (κ1) is 20.1. The molecule has 0 bridgehead atoms. The number of aliphatic hydroxyl groups excluding tert-OH is 1. The molecule has 1 aliphatic rings. The van der Waals surface area contributed by atoms with Crippen LogP contribution >= 0.6 is 0 Å². The minimum Gasteiger partial charge on any atom is -0.408 e. The lowest BCUT2D eigenvalue weighted by Gasteiger charge is -2.40. The molecule has 8 heteroatoms. The molecule has 1 fully saturated rings. The number of aryl methyl sites for hydroxylation is 1. The van der Waals surface area contributed by atoms with Gasteiger partial charge in [0.1, 0.15) is 12.2 Å². The molecule has 2 N–H and O–H groups in total. The van der Waals surface area contributed by atoms with Crippen LogP contribution in [0.15, 0.2) is 15.8 Å². The summed E-state index contributed by atoms with van der Waals surface area (Å²) in [6, 6.07) is 0. The summed E-state index contributed by atoms with van der Waals surface area (Å²) in [7, 11) is -2.12. The summed E-state index contributed by atoms with van der Waals surface area (Å²) in [5.41, 5.74) is -0.644. The highest BCUT2D eigenvalue weighted by Gasteiger charge is 2.49. The van der Waals surface area contributed by atoms with Crippen LogP contribution in [0.25, 0.3) is 0 Å². The van der Waals surface area contributed by atoms with Crippen molar-refractivity contribution >= 4 is 8.32 Å². The Bertz CT molecular complexity index is 734. The van der Waals surface area contributed by atoms with Crippen LogP contribution in [0.5, 0.6) is 0 Å². The minimum absolute atomic E-state index is 0.00545. The van der Waals surface area contributed by atoms with Gasteiger partial charge >= 0.3 is 5.69 Å². The summed E-state index contributed by atoms with van der Waals surface area (Å²) in [4.78, 5) is 26.0. The smallest absolute Gasteiger partial charge is 0.330 e. The maximum absolute atomic E-state index is 12.2. The Kier molecular flexibility index (Phi) is 5.49. The lowest BCUT2D eigenvalue weighted by molar-refractivity contribution is -0.0405. The van der Waals surface area contributed by atoms with Gasteiger partial charge in [-0.3, -0.25) is 14.3 Å². The second-order valence-corrected chi connectivity index (χ2v) is 13.0. The lowest BCUT2D eigenvalue weighted by Crippen LogP contribution is -2.49. The van der Waals surface area contributed by atoms with E-state index in [-0.39, 0.29) is 11.1 Å². The number of aromatic amines is 1. The van der Waals surface area contributed by atoms with E-state index in [2.05, 4.69) is 38.8 Å². The molecule has 1 unspecified atom stereocenters. The molecule has 1 saturated heterocycles. The van der Waals surface area contributed by atoms with Gasteiger partial charge in [0, 0.05) is 11.8 Å². The van der Waals surface area contributed by atoms with Crippen LogP contribution in [-0.2, 0) is 9.16 Å². The number of rotatable bonds is 4. The Morgan fingerprint density at radius 3 is 2.48 bits per heavy atom. The third-order valence-corrected chi connectivity index (χ3v) is 9.84. The summed E-state index contributed by atoms with van der Waals surface area (Å²) in [6.07, 6.45) is -0.589. The molecule has 25 heavy (non-hydrogen) atoms. The Morgan fingerprint density at radius 2 is 1.96 bits per heavy atom. The molecule has 7 nitrogen and oxygen atoms in total. The molecule has 0 radical (unpaired) electrons. The van der Waals surface area contributed by atoms with Crippen LogP contribution in [0.4, 0.5) is 0 Å². The van der Waals surface area contributed by atoms with Crippen LogP contribution in [0.1, 0.15) is 45.9 Å². The van der Waals surface area contributed by atoms with Gasteiger partial charge in [-0.25, -0.2) is 4.79 Å². The number of hydrogen-bond acceptors (Lipinski definition) is 5. The van der Waals surface area contributed by atoms with E-state index in [9.17, 15) is 14.7 Å². The quantitative estimate of drug-likeness (QED) is 0.790. The minimum atomic E-state index is -2.12. The number of nitrogens with one attached hydrogen (secondary N) is 1. The fourth-order valence-corrected chi connectivity index (χ4v) is 4.04. The Labute approximate surface area is 149 Å². The van der Waals surface area contributed by atoms with Crippen molar-refractivity contribution in [3.63, 3.8) is 0 Å². The first-order valence-corrected chi connectivity index (χ1v) is 11.6. The van der Waals surface area contributed by atoms with Crippen molar-refractivity contribution in [2.24, 2.45) is 0 Å². The molecule has 1 aliphatic heterocycles. The lowest BCUT2D eigenvalue weighted by atomic mass is 10.1. The summed E-state index contributed by atoms with van der Waals surface area (Å²) in [5.74, 6) is 0. The van der Waals surface area contributed by atoms with Gasteiger partial charge < -0.3 is 14.3 Å². The highest BCUT2D eigenvalue weighted by atomic mass is 28.4. The van der Waals surface area contributed by atoms with Crippen LogP contribution in [0, 0.1) is 6.92 Å². The van der Waals surface area contributed by atoms with E-state index in [4.69, 9.17) is 9.16 Å². The third kappa shape index (κ3) is 3.81. The number of hydrogen-bond donors (Lipinski definition) is 2. The molecule has 4 atom stereocenters. The molecule has 1 aromatic heterocycles. The molecule has 0 saturated carbocycles. The van der Waals surface area contributed by atoms with Crippen molar-refractivity contribution in [2.75, 3.05) is 0 Å². The van der Waals surface area contributed by atoms with Gasteiger partial charge in [-0.1, -0.05) is 27.7 Å². The van der Waals surface area contributed by atoms with Crippen LogP contribution < -0.4 is 11.2 Å². The van der Waals surface area contributed by atoms with E-state index in [1.54, 1.807) is 6.92 Å². The summed E-state index contributed by atoms with van der Waals surface area (Å²) >= 11 is 0. The molecule has 0 aliphatic carbocycles. The van der Waals surface area contributed by atoms with Gasteiger partial charge in [0.15, 0.2) is 14.5 Å². The number of aromatic nitrogens is 2. The summed E-state index contributed by atoms with van der Waals surface area (Å²) in [5, 5.41) is 10.8. The molecule has 0 amide bonds. The zero-order valence-corrected chi connectivity index (χ0v) is 17.1. The van der Waals surface area contributed by atoms with E-state index in [0.29, 0.717) is 12.0 Å². The van der Waals surface area contributed by atoms with Crippen molar-refractivity contribution in [2.45, 2.75) is 83.7 Å². The fraction of sp³-hybridized carbons (Fsp3) is 0.765. The van der Waals surface area contributed by atoms with E-state index >= 15 is 0 Å². The predicted molar refractivity (Wildman–Crippen MR) is 98.3 cm³/mol. The average Bonchev–Trinajstić information content (AvgIpc) is 2.78. The van der Waals surface area contributed by atoms with Crippen LogP contribution in [0.3, 0.4) is 0 Å². The first-order chi connectivity index (χ1) is 11.4. The van der Waals surface area contributed by atoms with Crippen molar-refractivity contribution in [1.82, 2.24) is 9.55 Å². The SMILES string of the molecule is CC[C@H]1O[C@@H](n2cc(C)c(=O)[nH]c2=O)C(O)[C@H]1O[Si](C)(C)C(C)(C)C. The van der Waals surface area contributed by atoms with Crippen LogP contribution in [-0.4, -0.2) is 41.3 Å². The fourth-order valence-electron chi connectivity index (χ4n) is 2.72. The van der Waals surface area contributed by atoms with Gasteiger partial charge in [0.25, 0.3) is 5.56 Å². The molecule has 142 valence electrons. The van der Waals surface area contributed by atoms with Gasteiger partial charge in [0.05, 0.1) is 6.10 Å². The highest BCUT2D eigenvalue weighted by molar-refractivity contribution is 6.74. The summed E-state index contributed by atoms with van der Waals surface area (Å²) < 4.78 is 13.6. The Hall–Kier alpha value is -1.22. The van der Waals surface area contributed by atoms with Gasteiger partial charge in [-0.15, -0.1) is 0 Å². The molecule has 0 spiro atoms. The average molecular weight is 371 g/mol. The molecule has 1 aromatic rings. The Morgan fingerprint density at radius 1 is 1.36 bits per heavy atom. The zero-order valence-electron chi connectivity index (χ0n) is 16.1. The third-order valence-electron chi connectivity index (χ3n) is 5.37. The summed E-state index contributed by atoms with van der Waals surface area (Å²) in [6.45, 7) is 14.2. The first-order valence-electron chi connectivity index (χ1n) is 8.72. The molecular formula is C17H30N2O5Si. The van der Waals surface area contributed by atoms with E-state index in [0.717, 1.165) is 0 Å². The molecule has 0 aromatic carbocycles. The zero-order chi connectivity index (χ0) is 19.2. The van der Waals surface area contributed by atoms with Crippen molar-refractivity contribution in [3.8, 4) is 0 Å². The largest absolute Gasteiger partial charge is 0.408 e. The van der Waals surface area contributed by atoms with Gasteiger partial charge in [0.2, 0.25) is 0 Å². The standard InChI is InChI=1S/C17H30N2O5Si/c1-8-11-13(24-25(6,7)17(3,4)5)12(20)15(23-11)19-9-10(2)14(21)18-16(19)22/h9,11-13,15,20H,8H2,1-7H3,(H,18,21,22)/t11-,12?,13+,15-/m1/s1. The van der Waals surface area contributed by atoms with Crippen molar-refractivity contribution < 1.29 is 14.3 Å². The van der Waals surface area contributed by atoms with E-state index in [1.807, 2.05) is 6.92 Å². The number of aliphatic hydroxyl groups is 1. The van der Waals surface area contributed by atoms with Crippen LogP contribution in [0.2, 0.25) is 18.1 Å². The predicted octanol–water partition coefficient (Wildman–Crippen LogP) is 1.90. The van der Waals surface area contributed by atoms with Gasteiger partial charge in [-0.05, 0) is 31.5 Å². The normalized spacial score (nSPS) is 27.7. The number of nitrogens with zero attached hydrogens (tertiary/aromatic N) is 1. The maximum Gasteiger partial charge on any atom is 0.330 e.